The van der Waals surface area contributed by atoms with Gasteiger partial charge in [-0.15, -0.1) is 0 Å². The van der Waals surface area contributed by atoms with Gasteiger partial charge in [0.1, 0.15) is 0 Å². The Kier molecular flexibility index (Phi) is 8.02. The highest BCUT2D eigenvalue weighted by Gasteiger charge is 2.28. The summed E-state index contributed by atoms with van der Waals surface area (Å²) in [4.78, 5) is 0. The molecule has 0 saturated carbocycles. The number of hydrogen-bond acceptors (Lipinski definition) is 3. The number of rotatable bonds is 9. The Morgan fingerprint density at radius 1 is 1.20 bits per heavy atom. The van der Waals surface area contributed by atoms with E-state index in [1.807, 2.05) is 6.92 Å². The lowest BCUT2D eigenvalue weighted by Gasteiger charge is -2.32. The first kappa shape index (κ1) is 17.9. The molecule has 0 aromatic carbocycles. The van der Waals surface area contributed by atoms with Crippen LogP contribution in [0.2, 0.25) is 0 Å². The topological polar surface area (TPSA) is 61.4 Å². The van der Waals surface area contributed by atoms with E-state index >= 15 is 0 Å². The van der Waals surface area contributed by atoms with E-state index < -0.39 is 10.2 Å². The van der Waals surface area contributed by atoms with E-state index in [0.717, 1.165) is 45.2 Å². The highest BCUT2D eigenvalue weighted by atomic mass is 32.2. The van der Waals surface area contributed by atoms with Crippen LogP contribution in [0.25, 0.3) is 0 Å². The zero-order chi connectivity index (χ0) is 15.0. The Hall–Kier alpha value is -0.170. The Labute approximate surface area is 124 Å². The van der Waals surface area contributed by atoms with E-state index in [2.05, 4.69) is 23.9 Å². The standard InChI is InChI=1S/C14H31N3O2S/c1-4-6-13(3)16-20(18,19)17-10-7-14(8-11-17)12-15-9-5-2/h13-16H,4-12H2,1-3H3. The van der Waals surface area contributed by atoms with Gasteiger partial charge in [-0.25, -0.2) is 0 Å². The van der Waals surface area contributed by atoms with Crippen molar-refractivity contribution in [2.24, 2.45) is 5.92 Å². The van der Waals surface area contributed by atoms with E-state index in [1.165, 1.54) is 0 Å². The van der Waals surface area contributed by atoms with Gasteiger partial charge in [0.05, 0.1) is 0 Å². The van der Waals surface area contributed by atoms with Crippen molar-refractivity contribution >= 4 is 10.2 Å². The van der Waals surface area contributed by atoms with Crippen LogP contribution in [0.15, 0.2) is 0 Å². The predicted octanol–water partition coefficient (Wildman–Crippen LogP) is 1.72. The third-order valence-electron chi connectivity index (χ3n) is 3.85. The van der Waals surface area contributed by atoms with E-state index in [1.54, 1.807) is 4.31 Å². The average Bonchev–Trinajstić information content (AvgIpc) is 2.39. The third-order valence-corrected chi connectivity index (χ3v) is 5.59. The van der Waals surface area contributed by atoms with Crippen molar-refractivity contribution in [3.8, 4) is 0 Å². The molecule has 1 aliphatic rings. The van der Waals surface area contributed by atoms with Crippen molar-refractivity contribution in [2.75, 3.05) is 26.2 Å². The smallest absolute Gasteiger partial charge is 0.279 e. The predicted molar refractivity (Wildman–Crippen MR) is 83.9 cm³/mol. The first-order valence-corrected chi connectivity index (χ1v) is 9.41. The number of piperidine rings is 1. The molecule has 0 spiro atoms. The van der Waals surface area contributed by atoms with Crippen LogP contribution in [-0.4, -0.2) is 44.9 Å². The molecule has 6 heteroatoms. The lowest BCUT2D eigenvalue weighted by molar-refractivity contribution is 0.264. The molecule has 0 amide bonds. The molecular weight excluding hydrogens is 274 g/mol. The van der Waals surface area contributed by atoms with Gasteiger partial charge in [-0.1, -0.05) is 20.3 Å². The monoisotopic (exact) mass is 305 g/mol. The Morgan fingerprint density at radius 3 is 2.40 bits per heavy atom. The molecule has 1 heterocycles. The summed E-state index contributed by atoms with van der Waals surface area (Å²) in [7, 11) is -3.29. The molecule has 0 radical (unpaired) electrons. The second kappa shape index (κ2) is 8.97. The number of nitrogens with zero attached hydrogens (tertiary/aromatic N) is 1. The summed E-state index contributed by atoms with van der Waals surface area (Å²) in [6.45, 7) is 9.52. The summed E-state index contributed by atoms with van der Waals surface area (Å²) < 4.78 is 28.9. The molecule has 0 aromatic rings. The van der Waals surface area contributed by atoms with Gasteiger partial charge in [-0.3, -0.25) is 0 Å². The maximum atomic E-state index is 12.2. The second-order valence-corrected chi connectivity index (χ2v) is 7.56. The highest BCUT2D eigenvalue weighted by molar-refractivity contribution is 7.87. The van der Waals surface area contributed by atoms with E-state index in [4.69, 9.17) is 0 Å². The van der Waals surface area contributed by atoms with Gasteiger partial charge >= 0.3 is 0 Å². The van der Waals surface area contributed by atoms with Crippen molar-refractivity contribution in [3.63, 3.8) is 0 Å². The fourth-order valence-corrected chi connectivity index (χ4v) is 4.12. The lowest BCUT2D eigenvalue weighted by Crippen LogP contribution is -2.48. The van der Waals surface area contributed by atoms with E-state index in [-0.39, 0.29) is 6.04 Å². The molecule has 1 rings (SSSR count). The average molecular weight is 305 g/mol. The zero-order valence-corrected chi connectivity index (χ0v) is 14.0. The summed E-state index contributed by atoms with van der Waals surface area (Å²) in [5, 5.41) is 3.42. The van der Waals surface area contributed by atoms with Crippen LogP contribution in [0.4, 0.5) is 0 Å². The molecule has 1 saturated heterocycles. The minimum atomic E-state index is -3.29. The molecule has 0 bridgehead atoms. The largest absolute Gasteiger partial charge is 0.316 e. The first-order chi connectivity index (χ1) is 9.49. The molecular formula is C14H31N3O2S. The first-order valence-electron chi connectivity index (χ1n) is 7.97. The van der Waals surface area contributed by atoms with Gasteiger partial charge in [0, 0.05) is 19.1 Å². The minimum Gasteiger partial charge on any atom is -0.316 e. The van der Waals surface area contributed by atoms with Crippen LogP contribution < -0.4 is 10.0 Å². The third kappa shape index (κ3) is 6.08. The van der Waals surface area contributed by atoms with E-state index in [0.29, 0.717) is 19.0 Å². The molecule has 1 unspecified atom stereocenters. The summed E-state index contributed by atoms with van der Waals surface area (Å²) >= 11 is 0. The van der Waals surface area contributed by atoms with Crippen molar-refractivity contribution in [2.45, 2.75) is 58.9 Å². The van der Waals surface area contributed by atoms with Crippen LogP contribution in [0.1, 0.15) is 52.9 Å². The van der Waals surface area contributed by atoms with Gasteiger partial charge in [-0.2, -0.15) is 17.4 Å². The summed E-state index contributed by atoms with van der Waals surface area (Å²) in [5.41, 5.74) is 0. The van der Waals surface area contributed by atoms with Crippen LogP contribution in [0.3, 0.4) is 0 Å². The Bertz CT molecular complexity index is 351. The maximum Gasteiger partial charge on any atom is 0.279 e. The molecule has 1 fully saturated rings. The molecule has 0 aromatic heterocycles. The van der Waals surface area contributed by atoms with Crippen LogP contribution >= 0.6 is 0 Å². The van der Waals surface area contributed by atoms with Crippen LogP contribution in [0.5, 0.6) is 0 Å². The fourth-order valence-electron chi connectivity index (χ4n) is 2.66. The molecule has 120 valence electrons. The van der Waals surface area contributed by atoms with Crippen LogP contribution in [-0.2, 0) is 10.2 Å². The van der Waals surface area contributed by atoms with Crippen molar-refractivity contribution in [1.29, 1.82) is 0 Å². The lowest BCUT2D eigenvalue weighted by atomic mass is 9.98. The van der Waals surface area contributed by atoms with Crippen molar-refractivity contribution < 1.29 is 8.42 Å². The summed E-state index contributed by atoms with van der Waals surface area (Å²) in [6, 6.07) is 0.0222. The molecule has 1 aliphatic heterocycles. The molecule has 2 N–H and O–H groups in total. The molecule has 0 aliphatic carbocycles. The summed E-state index contributed by atoms with van der Waals surface area (Å²) in [5.74, 6) is 0.612. The van der Waals surface area contributed by atoms with Crippen molar-refractivity contribution in [1.82, 2.24) is 14.3 Å². The van der Waals surface area contributed by atoms with Crippen molar-refractivity contribution in [3.05, 3.63) is 0 Å². The SMILES string of the molecule is CCCNCC1CCN(S(=O)(=O)NC(C)CCC)CC1. The van der Waals surface area contributed by atoms with Gasteiger partial charge < -0.3 is 5.32 Å². The van der Waals surface area contributed by atoms with Gasteiger partial charge in [0.15, 0.2) is 0 Å². The Balaban J connectivity index is 2.36. The summed E-state index contributed by atoms with van der Waals surface area (Å²) in [6.07, 6.45) is 4.94. The van der Waals surface area contributed by atoms with Gasteiger partial charge in [-0.05, 0) is 51.6 Å². The van der Waals surface area contributed by atoms with Crippen LogP contribution in [0, 0.1) is 5.92 Å². The maximum absolute atomic E-state index is 12.2. The Morgan fingerprint density at radius 2 is 1.85 bits per heavy atom. The normalized spacial score (nSPS) is 20.1. The van der Waals surface area contributed by atoms with Gasteiger partial charge in [0.2, 0.25) is 0 Å². The molecule has 1 atom stereocenters. The number of nitrogens with one attached hydrogen (secondary N) is 2. The quantitative estimate of drug-likeness (QED) is 0.638. The van der Waals surface area contributed by atoms with Gasteiger partial charge in [0.25, 0.3) is 10.2 Å². The number of hydrogen-bond donors (Lipinski definition) is 2. The van der Waals surface area contributed by atoms with E-state index in [9.17, 15) is 8.42 Å². The molecule has 20 heavy (non-hydrogen) atoms. The molecule has 5 nitrogen and oxygen atoms in total. The highest BCUT2D eigenvalue weighted by Crippen LogP contribution is 2.18. The zero-order valence-electron chi connectivity index (χ0n) is 13.2. The fraction of sp³-hybridized carbons (Fsp3) is 1.00. The second-order valence-electron chi connectivity index (χ2n) is 5.86. The minimum absolute atomic E-state index is 0.0222.